The highest BCUT2D eigenvalue weighted by atomic mass is 15.1. The van der Waals surface area contributed by atoms with Crippen LogP contribution in [0.1, 0.15) is 0 Å². The number of hydrogen-bond donors (Lipinski definition) is 0. The first-order valence-corrected chi connectivity index (χ1v) is 18.6. The van der Waals surface area contributed by atoms with Crippen LogP contribution >= 0.6 is 0 Å². The molecular weight excluding hydrogens is 655 g/mol. The minimum atomic E-state index is 0.898. The molecule has 12 rings (SSSR count). The van der Waals surface area contributed by atoms with Gasteiger partial charge in [0.1, 0.15) is 5.82 Å². The molecule has 0 bridgehead atoms. The van der Waals surface area contributed by atoms with Crippen molar-refractivity contribution in [3.63, 3.8) is 0 Å². The van der Waals surface area contributed by atoms with Crippen LogP contribution in [-0.2, 0) is 0 Å². The number of aromatic nitrogens is 3. The van der Waals surface area contributed by atoms with E-state index in [9.17, 15) is 0 Å². The van der Waals surface area contributed by atoms with Gasteiger partial charge in [-0.25, -0.2) is 4.98 Å². The molecule has 0 radical (unpaired) electrons. The monoisotopic (exact) mass is 685 g/mol. The zero-order valence-corrected chi connectivity index (χ0v) is 29.2. The molecule has 0 spiro atoms. The molecule has 0 amide bonds. The molecule has 0 aliphatic carbocycles. The molecule has 3 aromatic heterocycles. The van der Waals surface area contributed by atoms with E-state index in [-0.39, 0.29) is 0 Å². The maximum atomic E-state index is 5.51. The van der Waals surface area contributed by atoms with Crippen molar-refractivity contribution in [1.82, 2.24) is 14.1 Å². The average molecular weight is 686 g/mol. The first kappa shape index (κ1) is 29.4. The standard InChI is InChI=1S/C51H31N3/c1-3-17-32(18-4-1)41-31-45(52-42-28-14-11-23-36(41)42)54-44-30-16-13-27-40(44)49-47-38-25-10-8-22-35(38)34-21-7-9-24-37(34)46(47)48-39-26-12-15-29-43(39)53(50(48)51(49)54)33-19-5-2-6-20-33/h1-31H. The number of fused-ring (bicyclic) bond motifs is 16. The summed E-state index contributed by atoms with van der Waals surface area (Å²) >= 11 is 0. The minimum absolute atomic E-state index is 0.898. The third kappa shape index (κ3) is 3.93. The van der Waals surface area contributed by atoms with E-state index in [1.165, 1.54) is 76.0 Å². The average Bonchev–Trinajstić information content (AvgIpc) is 3.77. The number of benzene rings is 9. The molecule has 0 unspecified atom stereocenters. The molecule has 54 heavy (non-hydrogen) atoms. The fourth-order valence-electron chi connectivity index (χ4n) is 9.31. The topological polar surface area (TPSA) is 22.8 Å². The molecule has 0 N–H and O–H groups in total. The maximum Gasteiger partial charge on any atom is 0.139 e. The number of para-hydroxylation sites is 4. The lowest BCUT2D eigenvalue weighted by atomic mass is 9.89. The summed E-state index contributed by atoms with van der Waals surface area (Å²) in [6, 6.07) is 68.2. The highest BCUT2D eigenvalue weighted by Crippen LogP contribution is 2.51. The second-order valence-corrected chi connectivity index (χ2v) is 14.2. The number of nitrogens with zero attached hydrogens (tertiary/aromatic N) is 3. The normalized spacial score (nSPS) is 12.1. The summed E-state index contributed by atoms with van der Waals surface area (Å²) in [6.45, 7) is 0. The number of pyridine rings is 1. The first-order valence-electron chi connectivity index (χ1n) is 18.6. The molecule has 0 aliphatic heterocycles. The lowest BCUT2D eigenvalue weighted by Gasteiger charge is -2.17. The second-order valence-electron chi connectivity index (χ2n) is 14.2. The minimum Gasteiger partial charge on any atom is -0.307 e. The molecule has 3 heteroatoms. The first-order chi connectivity index (χ1) is 26.8. The molecule has 3 nitrogen and oxygen atoms in total. The van der Waals surface area contributed by atoms with Gasteiger partial charge >= 0.3 is 0 Å². The van der Waals surface area contributed by atoms with E-state index in [0.717, 1.165) is 33.4 Å². The van der Waals surface area contributed by atoms with Crippen LogP contribution in [-0.4, -0.2) is 14.1 Å². The predicted octanol–water partition coefficient (Wildman–Crippen LogP) is 13.6. The van der Waals surface area contributed by atoms with Gasteiger partial charge in [-0.1, -0.05) is 152 Å². The van der Waals surface area contributed by atoms with Gasteiger partial charge in [-0.05, 0) is 69.1 Å². The summed E-state index contributed by atoms with van der Waals surface area (Å²) in [6.07, 6.45) is 0. The van der Waals surface area contributed by atoms with Crippen molar-refractivity contribution in [2.45, 2.75) is 0 Å². The van der Waals surface area contributed by atoms with Crippen molar-refractivity contribution in [2.75, 3.05) is 0 Å². The Morgan fingerprint density at radius 2 is 0.778 bits per heavy atom. The van der Waals surface area contributed by atoms with Crippen LogP contribution < -0.4 is 0 Å². The summed E-state index contributed by atoms with van der Waals surface area (Å²) in [5.41, 5.74) is 9.07. The van der Waals surface area contributed by atoms with E-state index in [0.29, 0.717) is 0 Å². The van der Waals surface area contributed by atoms with Gasteiger partial charge in [-0.3, -0.25) is 4.57 Å². The van der Waals surface area contributed by atoms with Crippen LogP contribution in [0.4, 0.5) is 0 Å². The molecule has 0 atom stereocenters. The number of rotatable bonds is 3. The Balaban J connectivity index is 1.43. The van der Waals surface area contributed by atoms with Gasteiger partial charge in [0.15, 0.2) is 0 Å². The fourth-order valence-corrected chi connectivity index (χ4v) is 9.31. The van der Waals surface area contributed by atoms with E-state index in [1.54, 1.807) is 0 Å². The van der Waals surface area contributed by atoms with Crippen LogP contribution in [0.3, 0.4) is 0 Å². The van der Waals surface area contributed by atoms with Crippen LogP contribution in [0.2, 0.25) is 0 Å². The quantitative estimate of drug-likeness (QED) is 0.170. The highest BCUT2D eigenvalue weighted by molar-refractivity contribution is 6.45. The molecule has 0 fully saturated rings. The SMILES string of the molecule is c1ccc(-c2cc(-n3c4ccccc4c4c5c6ccccc6c6ccccc6c5c5c6ccccc6n(-c6ccccc6)c5c43)nc3ccccc23)cc1. The predicted molar refractivity (Wildman–Crippen MR) is 228 cm³/mol. The maximum absolute atomic E-state index is 5.51. The smallest absolute Gasteiger partial charge is 0.139 e. The summed E-state index contributed by atoms with van der Waals surface area (Å²) < 4.78 is 4.94. The zero-order chi connectivity index (χ0) is 35.3. The Labute approximate surface area is 310 Å². The summed E-state index contributed by atoms with van der Waals surface area (Å²) in [7, 11) is 0. The van der Waals surface area contributed by atoms with Crippen molar-refractivity contribution < 1.29 is 0 Å². The van der Waals surface area contributed by atoms with Gasteiger partial charge in [-0.2, -0.15) is 0 Å². The second kappa shape index (κ2) is 11.1. The van der Waals surface area contributed by atoms with E-state index < -0.39 is 0 Å². The molecule has 12 aromatic rings. The van der Waals surface area contributed by atoms with Gasteiger partial charge in [0.05, 0.1) is 27.6 Å². The summed E-state index contributed by atoms with van der Waals surface area (Å²) in [5, 5.41) is 13.7. The van der Waals surface area contributed by atoms with Crippen LogP contribution in [0.15, 0.2) is 188 Å². The van der Waals surface area contributed by atoms with Crippen molar-refractivity contribution >= 4 is 86.8 Å². The molecule has 3 heterocycles. The molecule has 0 saturated heterocycles. The Morgan fingerprint density at radius 1 is 0.333 bits per heavy atom. The number of hydrogen-bond acceptors (Lipinski definition) is 1. The van der Waals surface area contributed by atoms with Gasteiger partial charge in [0, 0.05) is 43.4 Å². The van der Waals surface area contributed by atoms with Crippen molar-refractivity contribution in [3.8, 4) is 22.6 Å². The van der Waals surface area contributed by atoms with E-state index in [1.807, 2.05) is 0 Å². The Kier molecular flexibility index (Phi) is 6.05. The van der Waals surface area contributed by atoms with Crippen molar-refractivity contribution in [1.29, 1.82) is 0 Å². The third-order valence-corrected chi connectivity index (χ3v) is 11.4. The van der Waals surface area contributed by atoms with Gasteiger partial charge in [-0.15, -0.1) is 0 Å². The fraction of sp³-hybridized carbons (Fsp3) is 0. The van der Waals surface area contributed by atoms with Gasteiger partial charge < -0.3 is 4.57 Å². The van der Waals surface area contributed by atoms with E-state index in [2.05, 4.69) is 197 Å². The Bertz CT molecular complexity index is 3480. The lowest BCUT2D eigenvalue weighted by Crippen LogP contribution is -2.02. The molecular formula is C51H31N3. The van der Waals surface area contributed by atoms with Gasteiger partial charge in [0.2, 0.25) is 0 Å². The third-order valence-electron chi connectivity index (χ3n) is 11.4. The van der Waals surface area contributed by atoms with Crippen molar-refractivity contribution in [2.24, 2.45) is 0 Å². The highest BCUT2D eigenvalue weighted by Gasteiger charge is 2.27. The molecule has 0 aliphatic rings. The van der Waals surface area contributed by atoms with E-state index in [4.69, 9.17) is 4.98 Å². The summed E-state index contributed by atoms with van der Waals surface area (Å²) in [4.78, 5) is 5.51. The van der Waals surface area contributed by atoms with Crippen LogP contribution in [0.25, 0.3) is 109 Å². The lowest BCUT2D eigenvalue weighted by molar-refractivity contribution is 1.10. The van der Waals surface area contributed by atoms with Gasteiger partial charge in [0.25, 0.3) is 0 Å². The Morgan fingerprint density at radius 3 is 1.39 bits per heavy atom. The zero-order valence-electron chi connectivity index (χ0n) is 29.2. The molecule has 0 saturated carbocycles. The molecule has 9 aromatic carbocycles. The van der Waals surface area contributed by atoms with E-state index >= 15 is 0 Å². The van der Waals surface area contributed by atoms with Crippen LogP contribution in [0, 0.1) is 0 Å². The largest absolute Gasteiger partial charge is 0.307 e. The summed E-state index contributed by atoms with van der Waals surface area (Å²) in [5.74, 6) is 0.898. The molecule has 250 valence electrons. The Hall–Kier alpha value is -7.23. The van der Waals surface area contributed by atoms with Crippen molar-refractivity contribution in [3.05, 3.63) is 188 Å². The van der Waals surface area contributed by atoms with Crippen LogP contribution in [0.5, 0.6) is 0 Å².